The second-order valence-corrected chi connectivity index (χ2v) is 3.99. The molecule has 0 spiro atoms. The van der Waals surface area contributed by atoms with E-state index in [1.54, 1.807) is 0 Å². The number of hydrogen-bond donors (Lipinski definition) is 0. The van der Waals surface area contributed by atoms with E-state index in [0.717, 1.165) is 28.4 Å². The molecule has 0 aliphatic carbocycles. The smallest absolute Gasteiger partial charge is 0.0535 e. The van der Waals surface area contributed by atoms with Crippen LogP contribution in [0.3, 0.4) is 0 Å². The summed E-state index contributed by atoms with van der Waals surface area (Å²) < 4.78 is 0. The third-order valence-electron chi connectivity index (χ3n) is 2.54. The Balaban J connectivity index is 2.37. The second kappa shape index (κ2) is 3.58. The van der Waals surface area contributed by atoms with E-state index in [9.17, 15) is 0 Å². The normalized spacial score (nSPS) is 16.1. The van der Waals surface area contributed by atoms with Gasteiger partial charge in [0.25, 0.3) is 0 Å². The van der Waals surface area contributed by atoms with E-state index >= 15 is 0 Å². The minimum atomic E-state index is 0.786. The van der Waals surface area contributed by atoms with Crippen molar-refractivity contribution in [3.05, 3.63) is 46.1 Å². The number of rotatable bonds is 1. The molecule has 0 radical (unpaired) electrons. The summed E-state index contributed by atoms with van der Waals surface area (Å²) in [5.41, 5.74) is 4.61. The van der Waals surface area contributed by atoms with Gasteiger partial charge in [-0.1, -0.05) is 29.8 Å². The van der Waals surface area contributed by atoms with Crippen LogP contribution in [0, 0.1) is 0 Å². The molecule has 0 amide bonds. The number of benzene rings is 1. The Labute approximate surface area is 89.1 Å². The molecule has 0 saturated heterocycles. The maximum atomic E-state index is 6.10. The lowest BCUT2D eigenvalue weighted by molar-refractivity contribution is 1.22. The van der Waals surface area contributed by atoms with Crippen molar-refractivity contribution in [1.29, 1.82) is 0 Å². The molecule has 72 valence electrons. The molecule has 0 fully saturated rings. The first-order valence-corrected chi connectivity index (χ1v) is 5.05. The molecule has 0 N–H and O–H groups in total. The number of nitrogens with zero attached hydrogens (tertiary/aromatic N) is 1. The highest BCUT2D eigenvalue weighted by molar-refractivity contribution is 6.34. The molecule has 2 rings (SSSR count). The monoisotopic (exact) mass is 205 g/mol. The van der Waals surface area contributed by atoms with Crippen LogP contribution in [-0.4, -0.2) is 5.71 Å². The van der Waals surface area contributed by atoms with Crippen molar-refractivity contribution in [2.75, 3.05) is 0 Å². The number of halogens is 1. The molecule has 1 aromatic rings. The summed E-state index contributed by atoms with van der Waals surface area (Å²) in [5.74, 6) is 0. The largest absolute Gasteiger partial charge is 0.257 e. The molecule has 0 atom stereocenters. The number of allylic oxidation sites excluding steroid dienone is 2. The Morgan fingerprint density at radius 3 is 2.50 bits per heavy atom. The molecule has 0 saturated carbocycles. The lowest BCUT2D eigenvalue weighted by Gasteiger charge is -2.02. The standard InChI is InChI=1S/C12H12ClN/c1-8-7-12(14-9(8)2)10-5-3-4-6-11(10)13/h3-6H,7H2,1-2H3. The summed E-state index contributed by atoms with van der Waals surface area (Å²) in [7, 11) is 0. The van der Waals surface area contributed by atoms with Gasteiger partial charge >= 0.3 is 0 Å². The Morgan fingerprint density at radius 1 is 1.21 bits per heavy atom. The molecular weight excluding hydrogens is 194 g/mol. The van der Waals surface area contributed by atoms with Gasteiger partial charge in [0, 0.05) is 22.7 Å². The lowest BCUT2D eigenvalue weighted by atomic mass is 10.1. The van der Waals surface area contributed by atoms with E-state index in [-0.39, 0.29) is 0 Å². The summed E-state index contributed by atoms with van der Waals surface area (Å²) in [6.45, 7) is 4.15. The lowest BCUT2D eigenvalue weighted by Crippen LogP contribution is -1.97. The average molecular weight is 206 g/mol. The van der Waals surface area contributed by atoms with Gasteiger partial charge in [0.05, 0.1) is 5.71 Å². The van der Waals surface area contributed by atoms with Crippen molar-refractivity contribution in [3.63, 3.8) is 0 Å². The molecule has 0 aromatic heterocycles. The van der Waals surface area contributed by atoms with Crippen LogP contribution in [0.1, 0.15) is 25.8 Å². The molecule has 14 heavy (non-hydrogen) atoms. The Morgan fingerprint density at radius 2 is 1.93 bits per heavy atom. The van der Waals surface area contributed by atoms with Gasteiger partial charge in [0.1, 0.15) is 0 Å². The van der Waals surface area contributed by atoms with Crippen LogP contribution in [0.25, 0.3) is 0 Å². The fourth-order valence-corrected chi connectivity index (χ4v) is 1.81. The zero-order chi connectivity index (χ0) is 10.1. The van der Waals surface area contributed by atoms with E-state index in [1.807, 2.05) is 31.2 Å². The van der Waals surface area contributed by atoms with Crippen LogP contribution >= 0.6 is 11.6 Å². The van der Waals surface area contributed by atoms with Gasteiger partial charge in [0.15, 0.2) is 0 Å². The zero-order valence-electron chi connectivity index (χ0n) is 8.34. The summed E-state index contributed by atoms with van der Waals surface area (Å²) in [4.78, 5) is 4.51. The maximum absolute atomic E-state index is 6.10. The predicted octanol–water partition coefficient (Wildman–Crippen LogP) is 3.83. The molecule has 0 bridgehead atoms. The first-order valence-electron chi connectivity index (χ1n) is 4.67. The summed E-state index contributed by atoms with van der Waals surface area (Å²) in [5, 5.41) is 0.786. The molecule has 1 nitrogen and oxygen atoms in total. The minimum Gasteiger partial charge on any atom is -0.257 e. The van der Waals surface area contributed by atoms with Gasteiger partial charge in [0.2, 0.25) is 0 Å². The molecule has 1 aliphatic rings. The first kappa shape index (κ1) is 9.47. The van der Waals surface area contributed by atoms with Crippen LogP contribution in [-0.2, 0) is 0 Å². The first-order chi connectivity index (χ1) is 6.68. The van der Waals surface area contributed by atoms with Crippen molar-refractivity contribution in [3.8, 4) is 0 Å². The maximum Gasteiger partial charge on any atom is 0.0535 e. The SMILES string of the molecule is CC1=C(C)N=C(c2ccccc2Cl)C1. The summed E-state index contributed by atoms with van der Waals surface area (Å²) in [6, 6.07) is 7.86. The fourth-order valence-electron chi connectivity index (χ4n) is 1.57. The molecule has 0 unspecified atom stereocenters. The van der Waals surface area contributed by atoms with E-state index in [2.05, 4.69) is 11.9 Å². The van der Waals surface area contributed by atoms with Crippen LogP contribution in [0.15, 0.2) is 40.5 Å². The van der Waals surface area contributed by atoms with Gasteiger partial charge in [-0.3, -0.25) is 4.99 Å². The van der Waals surface area contributed by atoms with Gasteiger partial charge in [-0.25, -0.2) is 0 Å². The zero-order valence-corrected chi connectivity index (χ0v) is 9.10. The molecule has 1 aromatic carbocycles. The highest BCUT2D eigenvalue weighted by Crippen LogP contribution is 2.26. The van der Waals surface area contributed by atoms with Gasteiger partial charge in [-0.2, -0.15) is 0 Å². The van der Waals surface area contributed by atoms with Crippen molar-refractivity contribution in [1.82, 2.24) is 0 Å². The molecule has 1 aliphatic heterocycles. The van der Waals surface area contributed by atoms with Crippen LogP contribution < -0.4 is 0 Å². The minimum absolute atomic E-state index is 0.786. The third-order valence-corrected chi connectivity index (χ3v) is 2.87. The van der Waals surface area contributed by atoms with Crippen LogP contribution in [0.5, 0.6) is 0 Å². The topological polar surface area (TPSA) is 12.4 Å². The van der Waals surface area contributed by atoms with Crippen LogP contribution in [0.4, 0.5) is 0 Å². The fraction of sp³-hybridized carbons (Fsp3) is 0.250. The Hall–Kier alpha value is -1.08. The highest BCUT2D eigenvalue weighted by atomic mass is 35.5. The predicted molar refractivity (Wildman–Crippen MR) is 61.0 cm³/mol. The van der Waals surface area contributed by atoms with E-state index in [4.69, 9.17) is 11.6 Å². The molecular formula is C12H12ClN. The Kier molecular flexibility index (Phi) is 2.42. The van der Waals surface area contributed by atoms with Crippen molar-refractivity contribution in [2.24, 2.45) is 4.99 Å². The van der Waals surface area contributed by atoms with Gasteiger partial charge in [-0.05, 0) is 25.5 Å². The van der Waals surface area contributed by atoms with Gasteiger partial charge in [-0.15, -0.1) is 0 Å². The van der Waals surface area contributed by atoms with E-state index < -0.39 is 0 Å². The Bertz CT molecular complexity index is 430. The second-order valence-electron chi connectivity index (χ2n) is 3.58. The summed E-state index contributed by atoms with van der Waals surface area (Å²) in [6.07, 6.45) is 0.926. The van der Waals surface area contributed by atoms with Crippen LogP contribution in [0.2, 0.25) is 5.02 Å². The number of aliphatic imine (C=N–C) groups is 1. The average Bonchev–Trinajstić information content (AvgIpc) is 2.48. The number of hydrogen-bond acceptors (Lipinski definition) is 1. The van der Waals surface area contributed by atoms with E-state index in [0.29, 0.717) is 0 Å². The molecule has 2 heteroatoms. The molecule has 1 heterocycles. The van der Waals surface area contributed by atoms with Crippen molar-refractivity contribution < 1.29 is 0 Å². The van der Waals surface area contributed by atoms with E-state index in [1.165, 1.54) is 5.57 Å². The highest BCUT2D eigenvalue weighted by Gasteiger charge is 2.14. The van der Waals surface area contributed by atoms with Crippen molar-refractivity contribution >= 4 is 17.3 Å². The third kappa shape index (κ3) is 1.60. The van der Waals surface area contributed by atoms with Gasteiger partial charge < -0.3 is 0 Å². The van der Waals surface area contributed by atoms with Crippen molar-refractivity contribution in [2.45, 2.75) is 20.3 Å². The quantitative estimate of drug-likeness (QED) is 0.661. The summed E-state index contributed by atoms with van der Waals surface area (Å²) >= 11 is 6.10.